The molecule has 1 rings (SSSR count). The molecular weight excluding hydrogens is 356 g/mol. The summed E-state index contributed by atoms with van der Waals surface area (Å²) in [7, 11) is -1.67. The highest BCUT2D eigenvalue weighted by molar-refractivity contribution is 9.09. The average molecular weight is 391 g/mol. The standard InChI is InChI=1S/C18H35BrO2Si/c1-15(14-20-22(5,6)18(2,3)4)17-16(21-17)12-10-8-7-9-11-13-19/h16-17H,1,7-14H2,2-6H3/t16-,17-/m0/s1. The van der Waals surface area contributed by atoms with Crippen LogP contribution in [0.25, 0.3) is 0 Å². The van der Waals surface area contributed by atoms with Gasteiger partial charge in [-0.15, -0.1) is 0 Å². The number of hydrogen-bond acceptors (Lipinski definition) is 2. The van der Waals surface area contributed by atoms with Crippen LogP contribution >= 0.6 is 15.9 Å². The molecule has 4 heteroatoms. The quantitative estimate of drug-likeness (QED) is 0.140. The van der Waals surface area contributed by atoms with Gasteiger partial charge < -0.3 is 9.16 Å². The van der Waals surface area contributed by atoms with Gasteiger partial charge in [-0.1, -0.05) is 69.0 Å². The summed E-state index contributed by atoms with van der Waals surface area (Å²) >= 11 is 3.48. The summed E-state index contributed by atoms with van der Waals surface area (Å²) in [6.07, 6.45) is 8.43. The number of ether oxygens (including phenoxy) is 1. The van der Waals surface area contributed by atoms with E-state index in [4.69, 9.17) is 9.16 Å². The van der Waals surface area contributed by atoms with Crippen molar-refractivity contribution in [2.24, 2.45) is 0 Å². The smallest absolute Gasteiger partial charge is 0.192 e. The summed E-state index contributed by atoms with van der Waals surface area (Å²) in [6, 6.07) is 0. The molecule has 0 aromatic carbocycles. The molecule has 1 saturated heterocycles. The van der Waals surface area contributed by atoms with Crippen LogP contribution in [0.5, 0.6) is 0 Å². The third kappa shape index (κ3) is 6.86. The molecule has 0 aromatic rings. The highest BCUT2D eigenvalue weighted by atomic mass is 79.9. The van der Waals surface area contributed by atoms with Gasteiger partial charge in [0.05, 0.1) is 12.7 Å². The van der Waals surface area contributed by atoms with Crippen LogP contribution in [-0.4, -0.2) is 32.5 Å². The Morgan fingerprint density at radius 3 is 2.32 bits per heavy atom. The van der Waals surface area contributed by atoms with Crippen molar-refractivity contribution < 1.29 is 9.16 Å². The molecular formula is C18H35BrO2Si. The predicted octanol–water partition coefficient (Wildman–Crippen LogP) is 6.07. The molecule has 0 aromatic heterocycles. The van der Waals surface area contributed by atoms with E-state index in [0.717, 1.165) is 10.9 Å². The maximum atomic E-state index is 6.23. The van der Waals surface area contributed by atoms with Gasteiger partial charge in [0.15, 0.2) is 8.32 Å². The van der Waals surface area contributed by atoms with Gasteiger partial charge in [0.1, 0.15) is 6.10 Å². The van der Waals surface area contributed by atoms with Crippen LogP contribution in [0.2, 0.25) is 18.1 Å². The van der Waals surface area contributed by atoms with Crippen molar-refractivity contribution in [3.63, 3.8) is 0 Å². The third-order valence-corrected chi connectivity index (χ3v) is 10.1. The number of alkyl halides is 1. The zero-order valence-electron chi connectivity index (χ0n) is 15.2. The molecule has 0 spiro atoms. The number of halogens is 1. The minimum atomic E-state index is -1.67. The predicted molar refractivity (Wildman–Crippen MR) is 102 cm³/mol. The van der Waals surface area contributed by atoms with Crippen molar-refractivity contribution in [3.8, 4) is 0 Å². The fourth-order valence-corrected chi connectivity index (χ4v) is 3.64. The number of hydrogen-bond donors (Lipinski definition) is 0. The van der Waals surface area contributed by atoms with Crippen LogP contribution in [0, 0.1) is 0 Å². The molecule has 0 radical (unpaired) electrons. The van der Waals surface area contributed by atoms with Crippen molar-refractivity contribution in [3.05, 3.63) is 12.2 Å². The molecule has 1 fully saturated rings. The fraction of sp³-hybridized carbons (Fsp3) is 0.889. The Morgan fingerprint density at radius 2 is 1.73 bits per heavy atom. The van der Waals surface area contributed by atoms with E-state index in [1.807, 2.05) is 0 Å². The minimum Gasteiger partial charge on any atom is -0.413 e. The average Bonchev–Trinajstić information content (AvgIpc) is 3.18. The van der Waals surface area contributed by atoms with Crippen LogP contribution in [0.15, 0.2) is 12.2 Å². The molecule has 1 aliphatic heterocycles. The third-order valence-electron chi connectivity index (χ3n) is 5.03. The number of rotatable bonds is 11. The SMILES string of the molecule is C=C(CO[Si](C)(C)C(C)(C)C)[C@@H]1O[C@H]1CCCCCCCBr. The molecule has 2 nitrogen and oxygen atoms in total. The first-order valence-corrected chi connectivity index (χ1v) is 12.7. The Kier molecular flexibility index (Phi) is 8.35. The van der Waals surface area contributed by atoms with Crippen molar-refractivity contribution in [2.45, 2.75) is 89.6 Å². The Balaban J connectivity index is 2.14. The monoisotopic (exact) mass is 390 g/mol. The summed E-state index contributed by atoms with van der Waals surface area (Å²) in [5.41, 5.74) is 1.13. The summed E-state index contributed by atoms with van der Waals surface area (Å²) in [6.45, 7) is 16.3. The van der Waals surface area contributed by atoms with E-state index in [1.54, 1.807) is 0 Å². The Labute approximate surface area is 147 Å². The fourth-order valence-electron chi connectivity index (χ4n) is 2.26. The first-order chi connectivity index (χ1) is 10.2. The van der Waals surface area contributed by atoms with E-state index in [1.165, 1.54) is 38.5 Å². The molecule has 130 valence electrons. The number of unbranched alkanes of at least 4 members (excludes halogenated alkanes) is 4. The molecule has 0 amide bonds. The molecule has 1 heterocycles. The van der Waals surface area contributed by atoms with Crippen LogP contribution in [0.4, 0.5) is 0 Å². The molecule has 0 unspecified atom stereocenters. The van der Waals surface area contributed by atoms with Gasteiger partial charge in [-0.3, -0.25) is 0 Å². The Hall–Kier alpha value is 0.357. The van der Waals surface area contributed by atoms with E-state index in [9.17, 15) is 0 Å². The Morgan fingerprint density at radius 1 is 1.14 bits per heavy atom. The van der Waals surface area contributed by atoms with Crippen molar-refractivity contribution in [1.82, 2.24) is 0 Å². The van der Waals surface area contributed by atoms with Crippen LogP contribution in [-0.2, 0) is 9.16 Å². The van der Waals surface area contributed by atoms with Gasteiger partial charge in [0.2, 0.25) is 0 Å². The summed E-state index contributed by atoms with van der Waals surface area (Å²) in [5.74, 6) is 0. The molecule has 22 heavy (non-hydrogen) atoms. The van der Waals surface area contributed by atoms with Crippen molar-refractivity contribution >= 4 is 24.2 Å². The van der Waals surface area contributed by atoms with Gasteiger partial charge >= 0.3 is 0 Å². The summed E-state index contributed by atoms with van der Waals surface area (Å²) < 4.78 is 12.0. The van der Waals surface area contributed by atoms with Crippen molar-refractivity contribution in [1.29, 1.82) is 0 Å². The van der Waals surface area contributed by atoms with Gasteiger partial charge in [0.25, 0.3) is 0 Å². The highest BCUT2D eigenvalue weighted by Gasteiger charge is 2.42. The van der Waals surface area contributed by atoms with E-state index >= 15 is 0 Å². The largest absolute Gasteiger partial charge is 0.413 e. The maximum Gasteiger partial charge on any atom is 0.192 e. The van der Waals surface area contributed by atoms with Gasteiger partial charge in [-0.2, -0.15) is 0 Å². The molecule has 2 atom stereocenters. The highest BCUT2D eigenvalue weighted by Crippen LogP contribution is 2.38. The first-order valence-electron chi connectivity index (χ1n) is 8.72. The lowest BCUT2D eigenvalue weighted by Crippen LogP contribution is -2.41. The molecule has 0 aliphatic carbocycles. The normalized spacial score (nSPS) is 21.9. The zero-order chi connectivity index (χ0) is 16.8. The van der Waals surface area contributed by atoms with Crippen LogP contribution in [0.3, 0.4) is 0 Å². The second-order valence-electron chi connectivity index (χ2n) is 8.05. The second-order valence-corrected chi connectivity index (χ2v) is 13.7. The van der Waals surface area contributed by atoms with E-state index in [-0.39, 0.29) is 11.1 Å². The lowest BCUT2D eigenvalue weighted by Gasteiger charge is -2.36. The van der Waals surface area contributed by atoms with Crippen LogP contribution < -0.4 is 0 Å². The Bertz CT molecular complexity index is 349. The number of epoxide rings is 1. The van der Waals surface area contributed by atoms with Gasteiger partial charge in [-0.05, 0) is 36.5 Å². The molecule has 0 N–H and O–H groups in total. The van der Waals surface area contributed by atoms with Gasteiger partial charge in [0, 0.05) is 5.33 Å². The maximum absolute atomic E-state index is 6.23. The van der Waals surface area contributed by atoms with E-state index < -0.39 is 8.32 Å². The molecule has 0 saturated carbocycles. The molecule has 0 bridgehead atoms. The second kappa shape index (κ2) is 9.00. The topological polar surface area (TPSA) is 21.8 Å². The van der Waals surface area contributed by atoms with E-state index in [0.29, 0.717) is 12.7 Å². The van der Waals surface area contributed by atoms with E-state index in [2.05, 4.69) is 56.4 Å². The zero-order valence-corrected chi connectivity index (χ0v) is 17.8. The molecule has 1 aliphatic rings. The summed E-state index contributed by atoms with van der Waals surface area (Å²) in [5, 5.41) is 1.39. The lowest BCUT2D eigenvalue weighted by molar-refractivity contribution is 0.303. The minimum absolute atomic E-state index is 0.256. The lowest BCUT2D eigenvalue weighted by atomic mass is 10.1. The van der Waals surface area contributed by atoms with Crippen LogP contribution in [0.1, 0.15) is 59.3 Å². The van der Waals surface area contributed by atoms with Crippen molar-refractivity contribution in [2.75, 3.05) is 11.9 Å². The van der Waals surface area contributed by atoms with Gasteiger partial charge in [-0.25, -0.2) is 0 Å². The summed E-state index contributed by atoms with van der Waals surface area (Å²) in [4.78, 5) is 0. The first kappa shape index (κ1) is 20.4.